The first-order valence-electron chi connectivity index (χ1n) is 11.2. The van der Waals surface area contributed by atoms with E-state index in [1.54, 1.807) is 12.1 Å². The highest BCUT2D eigenvalue weighted by Crippen LogP contribution is 2.30. The third-order valence-electron chi connectivity index (χ3n) is 5.82. The molecule has 4 rings (SSSR count). The predicted molar refractivity (Wildman–Crippen MR) is 127 cm³/mol. The minimum Gasteiger partial charge on any atom is -0.406 e. The molecule has 180 valence electrons. The Bertz CT molecular complexity index is 1090. The maximum Gasteiger partial charge on any atom is 0.573 e. The summed E-state index contributed by atoms with van der Waals surface area (Å²) in [7, 11) is 0. The van der Waals surface area contributed by atoms with Crippen LogP contribution in [0, 0.1) is 6.92 Å². The van der Waals surface area contributed by atoms with E-state index in [4.69, 9.17) is 4.74 Å². The molecule has 2 heterocycles. The summed E-state index contributed by atoms with van der Waals surface area (Å²) in [5, 5.41) is 3.41. The van der Waals surface area contributed by atoms with Crippen LogP contribution in [0.4, 0.5) is 24.7 Å². The zero-order chi connectivity index (χ0) is 24.3. The van der Waals surface area contributed by atoms with Gasteiger partial charge < -0.3 is 19.7 Å². The number of nitrogens with zero attached hydrogens (tertiary/aromatic N) is 2. The molecule has 2 atom stereocenters. The number of nitrogens with one attached hydrogen (secondary N) is 1. The number of hydrogen-bond acceptors (Lipinski definition) is 5. The Kier molecular flexibility index (Phi) is 6.97. The maximum atomic E-state index is 12.4. The third kappa shape index (κ3) is 5.99. The van der Waals surface area contributed by atoms with E-state index in [9.17, 15) is 13.2 Å². The van der Waals surface area contributed by atoms with Crippen LogP contribution in [0.2, 0.25) is 0 Å². The molecule has 3 aromatic rings. The van der Waals surface area contributed by atoms with E-state index in [-0.39, 0.29) is 18.0 Å². The SMILES string of the molecule is Cc1c(CNc2ccc(N3CC(C)OC(C)C3)nc2)cccc1-c1ccc(OC(F)(F)F)cc1. The summed E-state index contributed by atoms with van der Waals surface area (Å²) in [4.78, 5) is 6.86. The van der Waals surface area contributed by atoms with Crippen LogP contribution >= 0.6 is 0 Å². The molecule has 1 aliphatic rings. The Hall–Kier alpha value is -3.26. The number of pyridine rings is 1. The van der Waals surface area contributed by atoms with Crippen molar-refractivity contribution in [3.8, 4) is 16.9 Å². The van der Waals surface area contributed by atoms with Crippen molar-refractivity contribution in [3.63, 3.8) is 0 Å². The number of ether oxygens (including phenoxy) is 2. The van der Waals surface area contributed by atoms with Crippen molar-refractivity contribution in [2.75, 3.05) is 23.3 Å². The minimum absolute atomic E-state index is 0.173. The van der Waals surface area contributed by atoms with Gasteiger partial charge in [0.2, 0.25) is 0 Å². The molecule has 8 heteroatoms. The molecule has 0 bridgehead atoms. The summed E-state index contributed by atoms with van der Waals surface area (Å²) in [5.41, 5.74) is 4.85. The van der Waals surface area contributed by atoms with Gasteiger partial charge in [-0.1, -0.05) is 30.3 Å². The van der Waals surface area contributed by atoms with E-state index in [1.165, 1.54) is 12.1 Å². The molecule has 1 aromatic heterocycles. The van der Waals surface area contributed by atoms with Gasteiger partial charge in [0, 0.05) is 19.6 Å². The summed E-state index contributed by atoms with van der Waals surface area (Å²) in [6.45, 7) is 8.38. The Morgan fingerprint density at radius 2 is 1.74 bits per heavy atom. The van der Waals surface area contributed by atoms with E-state index < -0.39 is 6.36 Å². The molecule has 1 aliphatic heterocycles. The van der Waals surface area contributed by atoms with E-state index in [0.29, 0.717) is 6.54 Å². The summed E-state index contributed by atoms with van der Waals surface area (Å²) in [5.74, 6) is 0.701. The molecule has 2 unspecified atom stereocenters. The van der Waals surface area contributed by atoms with E-state index in [0.717, 1.165) is 46.8 Å². The first-order chi connectivity index (χ1) is 16.2. The normalized spacial score (nSPS) is 18.6. The molecule has 0 aliphatic carbocycles. The van der Waals surface area contributed by atoms with Crippen LogP contribution in [0.3, 0.4) is 0 Å². The smallest absolute Gasteiger partial charge is 0.406 e. The number of benzene rings is 2. The molecular formula is C26H28F3N3O2. The second kappa shape index (κ2) is 9.93. The van der Waals surface area contributed by atoms with E-state index >= 15 is 0 Å². The lowest BCUT2D eigenvalue weighted by Gasteiger charge is -2.36. The minimum atomic E-state index is -4.70. The van der Waals surface area contributed by atoms with Gasteiger partial charge in [-0.3, -0.25) is 0 Å². The Morgan fingerprint density at radius 1 is 1.03 bits per heavy atom. The maximum absolute atomic E-state index is 12.4. The Morgan fingerprint density at radius 3 is 2.35 bits per heavy atom. The molecule has 0 saturated carbocycles. The van der Waals surface area contributed by atoms with Crippen molar-refractivity contribution in [1.82, 2.24) is 4.98 Å². The summed E-state index contributed by atoms with van der Waals surface area (Å²) in [6.07, 6.45) is -2.52. The van der Waals surface area contributed by atoms with Gasteiger partial charge in [0.05, 0.1) is 24.1 Å². The number of aromatic nitrogens is 1. The fraction of sp³-hybridized carbons (Fsp3) is 0.346. The quantitative estimate of drug-likeness (QED) is 0.465. The van der Waals surface area contributed by atoms with Crippen molar-refractivity contribution in [2.45, 2.75) is 45.9 Å². The fourth-order valence-electron chi connectivity index (χ4n) is 4.26. The van der Waals surface area contributed by atoms with Gasteiger partial charge in [-0.25, -0.2) is 4.98 Å². The van der Waals surface area contributed by atoms with Gasteiger partial charge in [0.1, 0.15) is 11.6 Å². The summed E-state index contributed by atoms with van der Waals surface area (Å²) >= 11 is 0. The first-order valence-corrected chi connectivity index (χ1v) is 11.2. The Labute approximate surface area is 197 Å². The lowest BCUT2D eigenvalue weighted by molar-refractivity contribution is -0.274. The molecule has 1 saturated heterocycles. The average Bonchev–Trinajstić information content (AvgIpc) is 2.78. The number of rotatable bonds is 6. The number of hydrogen-bond donors (Lipinski definition) is 1. The standard InChI is InChI=1S/C26H28F3N3O2/c1-17-15-32(16-18(2)33-17)25-12-9-22(14-31-25)30-13-21-5-4-6-24(19(21)3)20-7-10-23(11-8-20)34-26(27,28)29/h4-12,14,17-18,30H,13,15-16H2,1-3H3. The lowest BCUT2D eigenvalue weighted by Crippen LogP contribution is -2.45. The molecule has 1 fully saturated rings. The first kappa shape index (κ1) is 23.9. The van der Waals surface area contributed by atoms with Crippen LogP contribution < -0.4 is 15.0 Å². The fourth-order valence-corrected chi connectivity index (χ4v) is 4.26. The van der Waals surface area contributed by atoms with Gasteiger partial charge >= 0.3 is 6.36 Å². The summed E-state index contributed by atoms with van der Waals surface area (Å²) < 4.78 is 47.0. The van der Waals surface area contributed by atoms with Crippen molar-refractivity contribution >= 4 is 11.5 Å². The Balaban J connectivity index is 1.42. The van der Waals surface area contributed by atoms with Gasteiger partial charge in [0.15, 0.2) is 0 Å². The van der Waals surface area contributed by atoms with Crippen LogP contribution in [-0.2, 0) is 11.3 Å². The molecule has 34 heavy (non-hydrogen) atoms. The molecule has 1 N–H and O–H groups in total. The number of halogens is 3. The highest BCUT2D eigenvalue weighted by Gasteiger charge is 2.31. The van der Waals surface area contributed by atoms with E-state index in [2.05, 4.69) is 33.8 Å². The van der Waals surface area contributed by atoms with Crippen LogP contribution in [0.1, 0.15) is 25.0 Å². The van der Waals surface area contributed by atoms with Crippen LogP contribution in [0.25, 0.3) is 11.1 Å². The molecule has 0 radical (unpaired) electrons. The van der Waals surface area contributed by atoms with Crippen molar-refractivity contribution in [3.05, 3.63) is 71.9 Å². The summed E-state index contributed by atoms with van der Waals surface area (Å²) in [6, 6.07) is 15.9. The molecular weight excluding hydrogens is 443 g/mol. The topological polar surface area (TPSA) is 46.6 Å². The molecule has 0 spiro atoms. The highest BCUT2D eigenvalue weighted by molar-refractivity contribution is 5.69. The largest absolute Gasteiger partial charge is 0.573 e. The van der Waals surface area contributed by atoms with Crippen LogP contribution in [0.5, 0.6) is 5.75 Å². The van der Waals surface area contributed by atoms with Gasteiger partial charge in [-0.05, 0) is 67.3 Å². The predicted octanol–water partition coefficient (Wildman–Crippen LogP) is 6.18. The van der Waals surface area contributed by atoms with Crippen LogP contribution in [-0.4, -0.2) is 36.6 Å². The van der Waals surface area contributed by atoms with Crippen molar-refractivity contribution < 1.29 is 22.6 Å². The zero-order valence-corrected chi connectivity index (χ0v) is 19.4. The zero-order valence-electron chi connectivity index (χ0n) is 19.4. The highest BCUT2D eigenvalue weighted by atomic mass is 19.4. The molecule has 2 aromatic carbocycles. The molecule has 5 nitrogen and oxygen atoms in total. The van der Waals surface area contributed by atoms with E-state index in [1.807, 2.05) is 43.5 Å². The number of anilines is 2. The van der Waals surface area contributed by atoms with Gasteiger partial charge in [0.25, 0.3) is 0 Å². The molecule has 0 amide bonds. The van der Waals surface area contributed by atoms with Crippen molar-refractivity contribution in [1.29, 1.82) is 0 Å². The average molecular weight is 472 g/mol. The second-order valence-electron chi connectivity index (χ2n) is 8.58. The lowest BCUT2D eigenvalue weighted by atomic mass is 9.96. The third-order valence-corrected chi connectivity index (χ3v) is 5.82. The van der Waals surface area contributed by atoms with Crippen LogP contribution in [0.15, 0.2) is 60.8 Å². The monoisotopic (exact) mass is 471 g/mol. The number of morpholine rings is 1. The van der Waals surface area contributed by atoms with Gasteiger partial charge in [-0.2, -0.15) is 0 Å². The van der Waals surface area contributed by atoms with Crippen molar-refractivity contribution in [2.24, 2.45) is 0 Å². The van der Waals surface area contributed by atoms with Gasteiger partial charge in [-0.15, -0.1) is 13.2 Å². The number of alkyl halides is 3. The second-order valence-corrected chi connectivity index (χ2v) is 8.58.